The number of amides is 1. The Bertz CT molecular complexity index is 669. The Morgan fingerprint density at radius 1 is 1.12 bits per heavy atom. The summed E-state index contributed by atoms with van der Waals surface area (Å²) in [6.07, 6.45) is 6.58. The molecule has 0 N–H and O–H groups in total. The smallest absolute Gasteiger partial charge is 0.253 e. The molecule has 2 aromatic rings. The molecule has 4 rings (SSSR count). The van der Waals surface area contributed by atoms with Crippen molar-refractivity contribution in [1.29, 1.82) is 0 Å². The first-order valence-corrected chi connectivity index (χ1v) is 8.02. The van der Waals surface area contributed by atoms with Crippen LogP contribution in [0.3, 0.4) is 0 Å². The predicted octanol–water partition coefficient (Wildman–Crippen LogP) is 1.51. The van der Waals surface area contributed by atoms with Gasteiger partial charge in [0, 0.05) is 31.3 Å². The van der Waals surface area contributed by atoms with Gasteiger partial charge in [-0.2, -0.15) is 0 Å². The zero-order valence-corrected chi connectivity index (χ0v) is 13.3. The van der Waals surface area contributed by atoms with Gasteiger partial charge >= 0.3 is 0 Å². The van der Waals surface area contributed by atoms with Gasteiger partial charge in [-0.15, -0.1) is 0 Å². The molecule has 1 spiro atoms. The Hall–Kier alpha value is -2.09. The first-order valence-electron chi connectivity index (χ1n) is 8.02. The number of carbonyl (C=O) groups excluding carboxylic acids is 1. The summed E-state index contributed by atoms with van der Waals surface area (Å²) >= 11 is 0. The van der Waals surface area contributed by atoms with E-state index in [1.54, 1.807) is 36.0 Å². The normalized spacial score (nSPS) is 26.0. The van der Waals surface area contributed by atoms with Crippen LogP contribution in [0.15, 0.2) is 46.0 Å². The van der Waals surface area contributed by atoms with E-state index in [1.807, 2.05) is 6.07 Å². The van der Waals surface area contributed by atoms with Crippen LogP contribution in [0.5, 0.6) is 0 Å². The minimum absolute atomic E-state index is 0.0497. The molecule has 0 bridgehead atoms. The van der Waals surface area contributed by atoms with Crippen molar-refractivity contribution >= 4 is 11.6 Å². The average Bonchev–Trinajstić information content (AvgIpc) is 3.24. The topological polar surface area (TPSA) is 68.3 Å². The van der Waals surface area contributed by atoms with E-state index >= 15 is 0 Å². The van der Waals surface area contributed by atoms with Crippen molar-refractivity contribution < 1.29 is 23.1 Å². The standard InChI is InChI=1S/C17H20N2O5/c20-16-10-24-17(12-19(16)15-2-5-22-9-15)11-18(3-6-23-13-17)7-14-1-4-21-8-14/h1-2,4-5,8-9H,3,6-7,10-13H2. The number of nitrogens with zero attached hydrogens (tertiary/aromatic N) is 2. The second-order valence-corrected chi connectivity index (χ2v) is 6.33. The third-order valence-electron chi connectivity index (χ3n) is 4.48. The Morgan fingerprint density at radius 2 is 2.00 bits per heavy atom. The first kappa shape index (κ1) is 15.4. The molecule has 1 amide bonds. The zero-order valence-electron chi connectivity index (χ0n) is 13.3. The highest BCUT2D eigenvalue weighted by atomic mass is 16.6. The molecule has 2 aliphatic rings. The molecule has 4 heterocycles. The Kier molecular flexibility index (Phi) is 4.13. The Balaban J connectivity index is 1.52. The van der Waals surface area contributed by atoms with Crippen LogP contribution in [0.2, 0.25) is 0 Å². The lowest BCUT2D eigenvalue weighted by molar-refractivity contribution is -0.146. The fourth-order valence-corrected chi connectivity index (χ4v) is 3.30. The van der Waals surface area contributed by atoms with Crippen LogP contribution in [0.1, 0.15) is 5.56 Å². The molecule has 2 fully saturated rings. The second-order valence-electron chi connectivity index (χ2n) is 6.33. The maximum Gasteiger partial charge on any atom is 0.253 e. The zero-order chi connectivity index (χ0) is 16.4. The maximum atomic E-state index is 12.2. The molecule has 1 unspecified atom stereocenters. The summed E-state index contributed by atoms with van der Waals surface area (Å²) < 4.78 is 22.0. The van der Waals surface area contributed by atoms with E-state index in [9.17, 15) is 4.79 Å². The fraction of sp³-hybridized carbons (Fsp3) is 0.471. The lowest BCUT2D eigenvalue weighted by Crippen LogP contribution is -2.60. The molecular formula is C17H20N2O5. The SMILES string of the molecule is O=C1COC2(COCCN(Cc3ccoc3)C2)CN1c1ccoc1. The number of rotatable bonds is 3. The van der Waals surface area contributed by atoms with Crippen molar-refractivity contribution in [3.8, 4) is 0 Å². The molecule has 2 saturated heterocycles. The molecule has 0 aromatic carbocycles. The fourth-order valence-electron chi connectivity index (χ4n) is 3.30. The van der Waals surface area contributed by atoms with Gasteiger partial charge in [0.1, 0.15) is 18.5 Å². The van der Waals surface area contributed by atoms with Gasteiger partial charge in [0.05, 0.1) is 44.2 Å². The van der Waals surface area contributed by atoms with Gasteiger partial charge in [-0.1, -0.05) is 0 Å². The van der Waals surface area contributed by atoms with Gasteiger partial charge in [-0.3, -0.25) is 9.69 Å². The van der Waals surface area contributed by atoms with Crippen molar-refractivity contribution in [3.63, 3.8) is 0 Å². The van der Waals surface area contributed by atoms with Crippen molar-refractivity contribution in [1.82, 2.24) is 4.90 Å². The van der Waals surface area contributed by atoms with Crippen LogP contribution in [-0.2, 0) is 20.8 Å². The molecule has 7 nitrogen and oxygen atoms in total. The van der Waals surface area contributed by atoms with Crippen molar-refractivity contribution in [2.24, 2.45) is 0 Å². The largest absolute Gasteiger partial charge is 0.472 e. The van der Waals surface area contributed by atoms with Gasteiger partial charge in [-0.25, -0.2) is 0 Å². The highest BCUT2D eigenvalue weighted by molar-refractivity contribution is 5.95. The highest BCUT2D eigenvalue weighted by Gasteiger charge is 2.43. The van der Waals surface area contributed by atoms with E-state index in [4.69, 9.17) is 18.3 Å². The van der Waals surface area contributed by atoms with Gasteiger partial charge in [0.25, 0.3) is 5.91 Å². The number of ether oxygens (including phenoxy) is 2. The molecule has 2 aliphatic heterocycles. The summed E-state index contributed by atoms with van der Waals surface area (Å²) in [5.41, 5.74) is 1.34. The van der Waals surface area contributed by atoms with E-state index in [-0.39, 0.29) is 12.5 Å². The minimum atomic E-state index is -0.536. The van der Waals surface area contributed by atoms with Crippen molar-refractivity contribution in [2.75, 3.05) is 44.4 Å². The quantitative estimate of drug-likeness (QED) is 0.849. The van der Waals surface area contributed by atoms with E-state index in [0.717, 1.165) is 24.3 Å². The Labute approximate surface area is 139 Å². The summed E-state index contributed by atoms with van der Waals surface area (Å²) in [4.78, 5) is 16.2. The van der Waals surface area contributed by atoms with E-state index in [2.05, 4.69) is 4.90 Å². The molecule has 0 aliphatic carbocycles. The molecule has 2 aromatic heterocycles. The maximum absolute atomic E-state index is 12.2. The van der Waals surface area contributed by atoms with Gasteiger partial charge in [0.15, 0.2) is 0 Å². The second kappa shape index (κ2) is 6.43. The summed E-state index contributed by atoms with van der Waals surface area (Å²) in [5.74, 6) is -0.0624. The molecule has 0 saturated carbocycles. The third-order valence-corrected chi connectivity index (χ3v) is 4.48. The summed E-state index contributed by atoms with van der Waals surface area (Å²) in [6, 6.07) is 3.75. The number of anilines is 1. The summed E-state index contributed by atoms with van der Waals surface area (Å²) in [5, 5.41) is 0. The summed E-state index contributed by atoms with van der Waals surface area (Å²) in [6.45, 7) is 3.89. The molecule has 7 heteroatoms. The van der Waals surface area contributed by atoms with Crippen molar-refractivity contribution in [2.45, 2.75) is 12.1 Å². The molecular weight excluding hydrogens is 312 g/mol. The third kappa shape index (κ3) is 3.10. The number of hydrogen-bond donors (Lipinski definition) is 0. The van der Waals surface area contributed by atoms with E-state index < -0.39 is 5.60 Å². The van der Waals surface area contributed by atoms with Crippen LogP contribution in [0, 0.1) is 0 Å². The van der Waals surface area contributed by atoms with Crippen LogP contribution >= 0.6 is 0 Å². The number of furan rings is 2. The van der Waals surface area contributed by atoms with Gasteiger partial charge in [-0.05, 0) is 6.07 Å². The molecule has 0 radical (unpaired) electrons. The molecule has 24 heavy (non-hydrogen) atoms. The van der Waals surface area contributed by atoms with E-state index in [0.29, 0.717) is 26.3 Å². The van der Waals surface area contributed by atoms with Gasteiger partial charge in [0.2, 0.25) is 0 Å². The van der Waals surface area contributed by atoms with Crippen LogP contribution < -0.4 is 4.90 Å². The highest BCUT2D eigenvalue weighted by Crippen LogP contribution is 2.28. The predicted molar refractivity (Wildman–Crippen MR) is 84.5 cm³/mol. The van der Waals surface area contributed by atoms with Crippen LogP contribution in [0.25, 0.3) is 0 Å². The first-order chi connectivity index (χ1) is 11.7. The number of hydrogen-bond acceptors (Lipinski definition) is 6. The molecule has 1 atom stereocenters. The van der Waals surface area contributed by atoms with Gasteiger partial charge < -0.3 is 23.2 Å². The minimum Gasteiger partial charge on any atom is -0.472 e. The lowest BCUT2D eigenvalue weighted by atomic mass is 10.0. The van der Waals surface area contributed by atoms with Crippen LogP contribution in [-0.4, -0.2) is 55.9 Å². The van der Waals surface area contributed by atoms with E-state index in [1.165, 1.54) is 0 Å². The monoisotopic (exact) mass is 332 g/mol. The van der Waals surface area contributed by atoms with Crippen molar-refractivity contribution in [3.05, 3.63) is 42.7 Å². The molecule has 128 valence electrons. The van der Waals surface area contributed by atoms with Crippen LogP contribution in [0.4, 0.5) is 5.69 Å². The number of morpholine rings is 1. The summed E-state index contributed by atoms with van der Waals surface area (Å²) in [7, 11) is 0. The Morgan fingerprint density at radius 3 is 2.79 bits per heavy atom. The average molecular weight is 332 g/mol. The number of carbonyl (C=O) groups is 1. The lowest BCUT2D eigenvalue weighted by Gasteiger charge is -2.42.